The smallest absolute Gasteiger partial charge is 0.227 e. The van der Waals surface area contributed by atoms with Crippen LogP contribution in [0.15, 0.2) is 24.5 Å². The van der Waals surface area contributed by atoms with Crippen LogP contribution in [-0.2, 0) is 0 Å². The number of aliphatic hydroxyl groups excluding tert-OH is 2. The van der Waals surface area contributed by atoms with Gasteiger partial charge in [-0.05, 0) is 26.3 Å². The van der Waals surface area contributed by atoms with Crippen molar-refractivity contribution in [1.29, 1.82) is 0 Å². The molecular formula is C19H26FN7O2. The molecule has 156 valence electrons. The van der Waals surface area contributed by atoms with Crippen molar-refractivity contribution < 1.29 is 14.6 Å². The van der Waals surface area contributed by atoms with Gasteiger partial charge in [0.05, 0.1) is 36.8 Å². The number of alkyl halides is 1. The molecule has 9 nitrogen and oxygen atoms in total. The van der Waals surface area contributed by atoms with Crippen LogP contribution >= 0.6 is 0 Å². The zero-order chi connectivity index (χ0) is 20.5. The monoisotopic (exact) mass is 403 g/mol. The first-order valence-electron chi connectivity index (χ1n) is 9.79. The number of nitrogens with one attached hydrogen (secondary N) is 2. The summed E-state index contributed by atoms with van der Waals surface area (Å²) in [6.45, 7) is 4.69. The number of hydrogen-bond acceptors (Lipinski definition) is 9. The summed E-state index contributed by atoms with van der Waals surface area (Å²) in [5, 5.41) is 25.7. The highest BCUT2D eigenvalue weighted by Gasteiger charge is 2.31. The zero-order valence-electron chi connectivity index (χ0n) is 16.5. The van der Waals surface area contributed by atoms with E-state index in [1.807, 2.05) is 6.07 Å². The average Bonchev–Trinajstić information content (AvgIpc) is 3.08. The van der Waals surface area contributed by atoms with E-state index in [0.29, 0.717) is 30.5 Å². The molecule has 3 atom stereocenters. The van der Waals surface area contributed by atoms with Crippen LogP contribution < -0.4 is 20.4 Å². The van der Waals surface area contributed by atoms with Crippen LogP contribution in [0.25, 0.3) is 0 Å². The van der Waals surface area contributed by atoms with Gasteiger partial charge in [0.25, 0.3) is 0 Å². The number of anilines is 5. The Morgan fingerprint density at radius 3 is 2.90 bits per heavy atom. The first-order chi connectivity index (χ1) is 14.0. The topological polar surface area (TPSA) is 110 Å². The van der Waals surface area contributed by atoms with Gasteiger partial charge >= 0.3 is 0 Å². The first kappa shape index (κ1) is 19.6. The highest BCUT2D eigenvalue weighted by Crippen LogP contribution is 2.37. The standard InChI is InChI=1S/C19H26FN7O2/c1-11(2)27-14-7-17(22-8-13(14)23-18(27)10-28)24-16-3-5-21-19(25-16)26-6-4-15(29)12(20)9-26/h3,5,7-8,11-12,15,18,23,28-29H,4,6,9-10H2,1-2H3,(H,21,22,24,25)/t12-,15+,18?/m1/s1. The number of aliphatic hydroxyl groups is 2. The fraction of sp³-hybridized carbons (Fsp3) is 0.526. The third-order valence-corrected chi connectivity index (χ3v) is 5.24. The molecule has 0 amide bonds. The number of halogens is 1. The van der Waals surface area contributed by atoms with Gasteiger partial charge in [0.1, 0.15) is 24.0 Å². The molecule has 4 N–H and O–H groups in total. The number of rotatable bonds is 5. The molecule has 0 aromatic carbocycles. The van der Waals surface area contributed by atoms with Crippen LogP contribution in [0.4, 0.5) is 33.3 Å². The van der Waals surface area contributed by atoms with Gasteiger partial charge in [-0.3, -0.25) is 0 Å². The molecule has 2 aromatic heterocycles. The molecule has 10 heteroatoms. The van der Waals surface area contributed by atoms with E-state index in [4.69, 9.17) is 0 Å². The van der Waals surface area contributed by atoms with Crippen LogP contribution in [-0.4, -0.2) is 69.3 Å². The normalized spacial score (nSPS) is 23.9. The fourth-order valence-electron chi connectivity index (χ4n) is 3.80. The van der Waals surface area contributed by atoms with Crippen molar-refractivity contribution in [2.75, 3.05) is 40.1 Å². The number of nitrogens with zero attached hydrogens (tertiary/aromatic N) is 5. The highest BCUT2D eigenvalue weighted by molar-refractivity contribution is 5.78. The Morgan fingerprint density at radius 2 is 2.17 bits per heavy atom. The summed E-state index contributed by atoms with van der Waals surface area (Å²) >= 11 is 0. The molecule has 1 fully saturated rings. The Hall–Kier alpha value is -2.72. The maximum atomic E-state index is 13.8. The van der Waals surface area contributed by atoms with Crippen LogP contribution in [0, 0.1) is 0 Å². The minimum absolute atomic E-state index is 0.00894. The summed E-state index contributed by atoms with van der Waals surface area (Å²) < 4.78 is 13.8. The van der Waals surface area contributed by atoms with Gasteiger partial charge in [-0.15, -0.1) is 0 Å². The quantitative estimate of drug-likeness (QED) is 0.590. The molecule has 1 unspecified atom stereocenters. The van der Waals surface area contributed by atoms with E-state index < -0.39 is 12.3 Å². The van der Waals surface area contributed by atoms with E-state index in [0.717, 1.165) is 11.4 Å². The predicted octanol–water partition coefficient (Wildman–Crippen LogP) is 1.48. The third kappa shape index (κ3) is 3.90. The molecule has 1 saturated heterocycles. The van der Waals surface area contributed by atoms with Crippen molar-refractivity contribution in [1.82, 2.24) is 15.0 Å². The van der Waals surface area contributed by atoms with Crippen molar-refractivity contribution in [2.45, 2.75) is 44.8 Å². The van der Waals surface area contributed by atoms with E-state index in [2.05, 4.69) is 44.3 Å². The summed E-state index contributed by atoms with van der Waals surface area (Å²) in [7, 11) is 0. The van der Waals surface area contributed by atoms with E-state index in [9.17, 15) is 14.6 Å². The molecule has 0 aliphatic carbocycles. The maximum absolute atomic E-state index is 13.8. The molecule has 29 heavy (non-hydrogen) atoms. The Balaban J connectivity index is 1.53. The van der Waals surface area contributed by atoms with Crippen molar-refractivity contribution in [3.63, 3.8) is 0 Å². The first-order valence-corrected chi connectivity index (χ1v) is 9.79. The lowest BCUT2D eigenvalue weighted by atomic mass is 10.1. The van der Waals surface area contributed by atoms with Crippen molar-refractivity contribution in [3.8, 4) is 0 Å². The number of piperidine rings is 1. The van der Waals surface area contributed by atoms with Gasteiger partial charge in [0, 0.05) is 24.8 Å². The van der Waals surface area contributed by atoms with Crippen molar-refractivity contribution >= 4 is 29.0 Å². The SMILES string of the molecule is CC(C)N1c2cc(Nc3ccnc(N4CC[C@H](O)[C@H](F)C4)n3)ncc2NC1CO. The molecule has 4 heterocycles. The number of fused-ring (bicyclic) bond motifs is 1. The van der Waals surface area contributed by atoms with Gasteiger partial charge in [0.15, 0.2) is 0 Å². The van der Waals surface area contributed by atoms with Crippen molar-refractivity contribution in [3.05, 3.63) is 24.5 Å². The number of hydrogen-bond donors (Lipinski definition) is 4. The van der Waals surface area contributed by atoms with E-state index >= 15 is 0 Å². The molecule has 2 aliphatic heterocycles. The minimum atomic E-state index is -1.31. The van der Waals surface area contributed by atoms with Gasteiger partial charge in [-0.1, -0.05) is 0 Å². The largest absolute Gasteiger partial charge is 0.392 e. The van der Waals surface area contributed by atoms with Gasteiger partial charge in [-0.25, -0.2) is 14.4 Å². The second-order valence-electron chi connectivity index (χ2n) is 7.62. The minimum Gasteiger partial charge on any atom is -0.392 e. The van der Waals surface area contributed by atoms with E-state index in [1.54, 1.807) is 23.4 Å². The Morgan fingerprint density at radius 1 is 1.34 bits per heavy atom. The second kappa shape index (κ2) is 7.96. The number of pyridine rings is 1. The summed E-state index contributed by atoms with van der Waals surface area (Å²) in [4.78, 5) is 17.0. The van der Waals surface area contributed by atoms with Gasteiger partial charge in [-0.2, -0.15) is 4.98 Å². The lowest BCUT2D eigenvalue weighted by molar-refractivity contribution is 0.0612. The van der Waals surface area contributed by atoms with E-state index in [-0.39, 0.29) is 25.4 Å². The molecule has 2 aromatic rings. The van der Waals surface area contributed by atoms with Crippen LogP contribution in [0.2, 0.25) is 0 Å². The average molecular weight is 403 g/mol. The van der Waals surface area contributed by atoms with Gasteiger partial charge < -0.3 is 30.6 Å². The summed E-state index contributed by atoms with van der Waals surface area (Å²) in [5.41, 5.74) is 1.82. The zero-order valence-corrected chi connectivity index (χ0v) is 16.5. The Kier molecular flexibility index (Phi) is 5.37. The molecule has 0 radical (unpaired) electrons. The summed E-state index contributed by atoms with van der Waals surface area (Å²) in [5.74, 6) is 1.57. The van der Waals surface area contributed by atoms with E-state index in [1.165, 1.54) is 0 Å². The third-order valence-electron chi connectivity index (χ3n) is 5.24. The van der Waals surface area contributed by atoms with Crippen LogP contribution in [0.5, 0.6) is 0 Å². The van der Waals surface area contributed by atoms with Crippen LogP contribution in [0.3, 0.4) is 0 Å². The maximum Gasteiger partial charge on any atom is 0.227 e. The Bertz CT molecular complexity index is 868. The molecule has 0 spiro atoms. The predicted molar refractivity (Wildman–Crippen MR) is 109 cm³/mol. The molecule has 0 saturated carbocycles. The summed E-state index contributed by atoms with van der Waals surface area (Å²) in [6, 6.07) is 3.83. The van der Waals surface area contributed by atoms with Gasteiger partial charge in [0.2, 0.25) is 5.95 Å². The fourth-order valence-corrected chi connectivity index (χ4v) is 3.80. The highest BCUT2D eigenvalue weighted by atomic mass is 19.1. The van der Waals surface area contributed by atoms with Crippen LogP contribution in [0.1, 0.15) is 20.3 Å². The number of aromatic nitrogens is 3. The summed E-state index contributed by atoms with van der Waals surface area (Å²) in [6.07, 6.45) is 1.26. The Labute approximate surface area is 168 Å². The lowest BCUT2D eigenvalue weighted by Gasteiger charge is -2.32. The van der Waals surface area contributed by atoms with Crippen molar-refractivity contribution in [2.24, 2.45) is 0 Å². The molecule has 2 aliphatic rings. The lowest BCUT2D eigenvalue weighted by Crippen LogP contribution is -2.45. The molecule has 0 bridgehead atoms. The molecule has 4 rings (SSSR count). The molecular weight excluding hydrogens is 377 g/mol. The second-order valence-corrected chi connectivity index (χ2v) is 7.62.